The summed E-state index contributed by atoms with van der Waals surface area (Å²) in [4.78, 5) is 35.0. The van der Waals surface area contributed by atoms with E-state index in [2.05, 4.69) is 136 Å². The highest BCUT2D eigenvalue weighted by Crippen LogP contribution is 2.67. The minimum absolute atomic E-state index is 0.0447. The van der Waals surface area contributed by atoms with Crippen LogP contribution in [0.4, 0.5) is 5.69 Å². The van der Waals surface area contributed by atoms with Gasteiger partial charge in [0.1, 0.15) is 5.60 Å². The van der Waals surface area contributed by atoms with Gasteiger partial charge in [-0.2, -0.15) is 0 Å². The number of carbonyl (C=O) groups excluding carboxylic acids is 2. The molecule has 2 bridgehead atoms. The standard InChI is InChI=1S/C47H57N5O5Si/c1-33-26-35(51-25-24-45(7,30-51)34-18-12-9-13-19-34)27-52-39(33)49-41(50-52)47-28-46(31-56-47,38(47)40(53)48-29-44(5,6)42(54)55-8)32-57-58(43(2,3)4,36-20-14-10-15-21-36)37-22-16-11-17-23-37/h9-23,26-27,38H,24-25,28-32H2,1-8H3,(H,48,53)/t38?,45-,46?,47?/m0/s1. The van der Waals surface area contributed by atoms with Crippen LogP contribution in [0.1, 0.15) is 71.3 Å². The number of ether oxygens (including phenoxy) is 2. The minimum Gasteiger partial charge on any atom is -0.469 e. The van der Waals surface area contributed by atoms with E-state index in [0.717, 1.165) is 36.4 Å². The van der Waals surface area contributed by atoms with Gasteiger partial charge < -0.3 is 24.1 Å². The molecule has 9 rings (SSSR count). The number of nitrogens with zero attached hydrogens (tertiary/aromatic N) is 4. The molecule has 3 aliphatic heterocycles. The number of anilines is 1. The van der Waals surface area contributed by atoms with Crippen LogP contribution in [-0.4, -0.2) is 74.7 Å². The first kappa shape index (κ1) is 40.0. The average Bonchev–Trinajstić information content (AvgIpc) is 4.00. The van der Waals surface area contributed by atoms with Gasteiger partial charge in [0.05, 0.1) is 36.9 Å². The summed E-state index contributed by atoms with van der Waals surface area (Å²) < 4.78 is 21.3. The fraction of sp³-hybridized carbons (Fsp3) is 0.447. The fourth-order valence-corrected chi connectivity index (χ4v) is 14.7. The maximum absolute atomic E-state index is 14.7. The van der Waals surface area contributed by atoms with Gasteiger partial charge in [0, 0.05) is 37.1 Å². The van der Waals surface area contributed by atoms with Crippen LogP contribution in [0.25, 0.3) is 5.65 Å². The van der Waals surface area contributed by atoms with Crippen molar-refractivity contribution in [1.82, 2.24) is 19.9 Å². The Labute approximate surface area is 343 Å². The summed E-state index contributed by atoms with van der Waals surface area (Å²) in [5, 5.41) is 10.3. The van der Waals surface area contributed by atoms with Crippen molar-refractivity contribution in [3.8, 4) is 0 Å². The van der Waals surface area contributed by atoms with E-state index in [0.29, 0.717) is 25.5 Å². The second-order valence-corrected chi connectivity index (χ2v) is 23.2. The van der Waals surface area contributed by atoms with Crippen LogP contribution in [0.3, 0.4) is 0 Å². The van der Waals surface area contributed by atoms with Crippen LogP contribution in [0.15, 0.2) is 103 Å². The number of pyridine rings is 1. The zero-order valence-corrected chi connectivity index (χ0v) is 36.2. The number of nitrogens with one attached hydrogen (secondary N) is 1. The predicted molar refractivity (Wildman–Crippen MR) is 229 cm³/mol. The molecule has 1 N–H and O–H groups in total. The Kier molecular flexibility index (Phi) is 9.96. The minimum atomic E-state index is -2.95. The Morgan fingerprint density at radius 1 is 0.948 bits per heavy atom. The Hall–Kier alpha value is -4.84. The van der Waals surface area contributed by atoms with Crippen LogP contribution in [-0.2, 0) is 34.5 Å². The lowest BCUT2D eigenvalue weighted by Gasteiger charge is -2.52. The molecule has 304 valence electrons. The number of methoxy groups -OCH3 is 1. The normalized spacial score (nSPS) is 24.5. The summed E-state index contributed by atoms with van der Waals surface area (Å²) in [6, 6.07) is 34.0. The Morgan fingerprint density at radius 2 is 1.57 bits per heavy atom. The van der Waals surface area contributed by atoms with Gasteiger partial charge in [-0.15, -0.1) is 5.10 Å². The SMILES string of the molecule is COC(=O)C(C)(C)CNC(=O)C1C2(CO[Si](c3ccccc3)(c3ccccc3)C(C)(C)C)COC1(c1nc3c(C)cc(N4CC[C@](C)(c5ccccc5)C4)cn3n1)C2. The summed E-state index contributed by atoms with van der Waals surface area (Å²) >= 11 is 0. The molecule has 3 aromatic carbocycles. The molecule has 0 spiro atoms. The van der Waals surface area contributed by atoms with Gasteiger partial charge in [-0.3, -0.25) is 9.59 Å². The summed E-state index contributed by atoms with van der Waals surface area (Å²) in [5.41, 5.74) is 1.58. The van der Waals surface area contributed by atoms with E-state index in [1.165, 1.54) is 23.0 Å². The van der Waals surface area contributed by atoms with Crippen molar-refractivity contribution in [2.45, 2.75) is 77.4 Å². The molecular formula is C47H57N5O5Si. The van der Waals surface area contributed by atoms with Crippen LogP contribution in [0.2, 0.25) is 5.04 Å². The van der Waals surface area contributed by atoms with Gasteiger partial charge in [0.25, 0.3) is 8.32 Å². The Balaban J connectivity index is 1.14. The zero-order valence-electron chi connectivity index (χ0n) is 35.2. The smallest absolute Gasteiger partial charge is 0.313 e. The van der Waals surface area contributed by atoms with Gasteiger partial charge in [-0.05, 0) is 66.2 Å². The quantitative estimate of drug-likeness (QED) is 0.115. The molecule has 11 heteroatoms. The number of esters is 1. The number of rotatable bonds is 12. The van der Waals surface area contributed by atoms with E-state index in [1.807, 2.05) is 16.6 Å². The molecule has 4 fully saturated rings. The summed E-state index contributed by atoms with van der Waals surface area (Å²) in [5.74, 6) is -0.765. The third kappa shape index (κ3) is 6.46. The highest BCUT2D eigenvalue weighted by molar-refractivity contribution is 6.99. The first-order chi connectivity index (χ1) is 27.6. The maximum atomic E-state index is 14.7. The number of amides is 1. The topological polar surface area (TPSA) is 107 Å². The number of hydrogen-bond donors (Lipinski definition) is 1. The predicted octanol–water partition coefficient (Wildman–Crippen LogP) is 6.33. The number of carbonyl (C=O) groups is 2. The molecule has 10 nitrogen and oxygen atoms in total. The average molecular weight is 800 g/mol. The third-order valence-corrected chi connectivity index (χ3v) is 18.3. The molecule has 1 amide bonds. The van der Waals surface area contributed by atoms with Crippen molar-refractivity contribution in [2.75, 3.05) is 44.9 Å². The highest BCUT2D eigenvalue weighted by Gasteiger charge is 2.76. The molecule has 1 aliphatic carbocycles. The lowest BCUT2D eigenvalue weighted by Crippen LogP contribution is -2.69. The molecule has 1 saturated carbocycles. The first-order valence-corrected chi connectivity index (χ1v) is 22.4. The molecule has 2 aromatic heterocycles. The van der Waals surface area contributed by atoms with E-state index >= 15 is 0 Å². The van der Waals surface area contributed by atoms with Crippen LogP contribution in [0, 0.1) is 23.7 Å². The molecule has 3 saturated heterocycles. The molecule has 4 atom stereocenters. The monoisotopic (exact) mass is 799 g/mol. The largest absolute Gasteiger partial charge is 0.469 e. The number of aryl methyl sites for hydroxylation is 1. The van der Waals surface area contributed by atoms with E-state index < -0.39 is 36.6 Å². The highest BCUT2D eigenvalue weighted by atomic mass is 28.4. The second-order valence-electron chi connectivity index (χ2n) is 18.9. The molecule has 5 aromatic rings. The molecule has 5 heterocycles. The van der Waals surface area contributed by atoms with Crippen LogP contribution < -0.4 is 20.6 Å². The van der Waals surface area contributed by atoms with Crippen molar-refractivity contribution in [2.24, 2.45) is 16.7 Å². The van der Waals surface area contributed by atoms with Crippen molar-refractivity contribution < 1.29 is 23.5 Å². The summed E-state index contributed by atoms with van der Waals surface area (Å²) in [7, 11) is -1.58. The van der Waals surface area contributed by atoms with Gasteiger partial charge in [-0.25, -0.2) is 9.50 Å². The second kappa shape index (κ2) is 14.5. The summed E-state index contributed by atoms with van der Waals surface area (Å²) in [6.45, 7) is 17.3. The molecule has 3 unspecified atom stereocenters. The van der Waals surface area contributed by atoms with Gasteiger partial charge in [0.2, 0.25) is 5.91 Å². The van der Waals surface area contributed by atoms with Crippen molar-refractivity contribution in [1.29, 1.82) is 0 Å². The van der Waals surface area contributed by atoms with E-state index in [4.69, 9.17) is 24.0 Å². The van der Waals surface area contributed by atoms with E-state index in [-0.39, 0.29) is 22.9 Å². The lowest BCUT2D eigenvalue weighted by molar-refractivity contribution is -0.157. The Bertz CT molecular complexity index is 2270. The number of hydrogen-bond acceptors (Lipinski definition) is 8. The Morgan fingerprint density at radius 3 is 2.17 bits per heavy atom. The van der Waals surface area contributed by atoms with E-state index in [1.54, 1.807) is 13.8 Å². The van der Waals surface area contributed by atoms with Gasteiger partial charge in [-0.1, -0.05) is 119 Å². The maximum Gasteiger partial charge on any atom is 0.313 e. The van der Waals surface area contributed by atoms with Gasteiger partial charge >= 0.3 is 5.97 Å². The van der Waals surface area contributed by atoms with Crippen molar-refractivity contribution >= 4 is 41.9 Å². The number of fused-ring (bicyclic) bond motifs is 2. The molecule has 4 aliphatic rings. The molecular weight excluding hydrogens is 743 g/mol. The van der Waals surface area contributed by atoms with Crippen LogP contribution >= 0.6 is 0 Å². The number of aromatic nitrogens is 3. The molecule has 0 radical (unpaired) electrons. The van der Waals surface area contributed by atoms with E-state index in [9.17, 15) is 9.59 Å². The third-order valence-electron chi connectivity index (χ3n) is 13.3. The first-order valence-electron chi connectivity index (χ1n) is 20.5. The molecule has 58 heavy (non-hydrogen) atoms. The zero-order chi connectivity index (χ0) is 41.1. The van der Waals surface area contributed by atoms with Crippen LogP contribution in [0.5, 0.6) is 0 Å². The van der Waals surface area contributed by atoms with Gasteiger partial charge in [0.15, 0.2) is 11.5 Å². The lowest BCUT2D eigenvalue weighted by atomic mass is 9.53. The fourth-order valence-electron chi connectivity index (χ4n) is 10.1. The summed E-state index contributed by atoms with van der Waals surface area (Å²) in [6.07, 6.45) is 3.64. The van der Waals surface area contributed by atoms with Crippen molar-refractivity contribution in [3.05, 3.63) is 120 Å². The number of benzene rings is 3. The van der Waals surface area contributed by atoms with Crippen molar-refractivity contribution in [3.63, 3.8) is 0 Å².